The summed E-state index contributed by atoms with van der Waals surface area (Å²) in [5, 5.41) is 8.12. The van der Waals surface area contributed by atoms with Gasteiger partial charge in [0, 0.05) is 24.5 Å². The van der Waals surface area contributed by atoms with Gasteiger partial charge in [-0.25, -0.2) is 10.3 Å². The Labute approximate surface area is 177 Å². The van der Waals surface area contributed by atoms with Gasteiger partial charge in [0.2, 0.25) is 5.91 Å². The molecule has 0 atom stereocenters. The molecule has 0 saturated heterocycles. The lowest BCUT2D eigenvalue weighted by Crippen LogP contribution is -2.18. The van der Waals surface area contributed by atoms with Crippen LogP contribution in [0.3, 0.4) is 0 Å². The van der Waals surface area contributed by atoms with E-state index in [0.29, 0.717) is 18.0 Å². The van der Waals surface area contributed by atoms with Crippen molar-refractivity contribution in [1.82, 2.24) is 20.2 Å². The molecule has 0 unspecified atom stereocenters. The van der Waals surface area contributed by atoms with E-state index in [2.05, 4.69) is 51.4 Å². The van der Waals surface area contributed by atoms with E-state index in [4.69, 9.17) is 11.6 Å². The molecule has 0 spiro atoms. The van der Waals surface area contributed by atoms with Crippen LogP contribution in [0.5, 0.6) is 0 Å². The fourth-order valence-corrected chi connectivity index (χ4v) is 3.69. The fraction of sp³-hybridized carbons (Fsp3) is 0.391. The number of benzene rings is 2. The third-order valence-electron chi connectivity index (χ3n) is 4.86. The Morgan fingerprint density at radius 1 is 1.21 bits per heavy atom. The van der Waals surface area contributed by atoms with E-state index in [1.54, 1.807) is 0 Å². The topological polar surface area (TPSA) is 61.0 Å². The van der Waals surface area contributed by atoms with Crippen LogP contribution < -0.4 is 10.6 Å². The van der Waals surface area contributed by atoms with Crippen LogP contribution in [0.15, 0.2) is 42.5 Å². The Balaban J connectivity index is 1.54. The first-order valence-electron chi connectivity index (χ1n) is 10.2. The number of fused-ring (bicyclic) bond motifs is 1. The zero-order chi connectivity index (χ0) is 20.6. The summed E-state index contributed by atoms with van der Waals surface area (Å²) in [6.45, 7) is 4.11. The van der Waals surface area contributed by atoms with Gasteiger partial charge in [-0.2, -0.15) is 0 Å². The van der Waals surface area contributed by atoms with Gasteiger partial charge in [0.1, 0.15) is 12.4 Å². The van der Waals surface area contributed by atoms with Crippen LogP contribution in [0, 0.1) is 0 Å². The summed E-state index contributed by atoms with van der Waals surface area (Å²) in [5.41, 5.74) is 4.41. The van der Waals surface area contributed by atoms with E-state index in [9.17, 15) is 4.79 Å². The maximum absolute atomic E-state index is 12.3. The third-order valence-corrected chi connectivity index (χ3v) is 5.10. The predicted molar refractivity (Wildman–Crippen MR) is 118 cm³/mol. The molecule has 1 aromatic heterocycles. The van der Waals surface area contributed by atoms with Crippen LogP contribution >= 0.6 is 11.6 Å². The number of hydrogen-bond acceptors (Lipinski definition) is 3. The Hall–Kier alpha value is -2.37. The van der Waals surface area contributed by atoms with Gasteiger partial charge >= 0.3 is 0 Å². The van der Waals surface area contributed by atoms with Crippen molar-refractivity contribution in [1.29, 1.82) is 0 Å². The van der Waals surface area contributed by atoms with Crippen molar-refractivity contribution in [3.63, 3.8) is 0 Å². The number of imidazole rings is 1. The minimum Gasteiger partial charge on any atom is -0.326 e. The van der Waals surface area contributed by atoms with Gasteiger partial charge in [0.05, 0.1) is 11.0 Å². The standard InChI is InChI=1S/C23H28ClN4O/c1-3-12-28-21-14-19(24)10-11-20(21)27-22(28)16-26-23(29)9-5-7-17-6-4-8-18(13-17)15-25-2/h4,6,8,10-11,13-14,25H,3,5,7,9,12,15-16H2,1-2H3. The minimum absolute atomic E-state index is 0.0653. The Bertz CT molecular complexity index is 967. The minimum atomic E-state index is -0.0653. The molecule has 1 radical (unpaired) electrons. The van der Waals surface area contributed by atoms with Crippen molar-refractivity contribution in [3.05, 3.63) is 64.4 Å². The molecular formula is C23H28ClN4O. The van der Waals surface area contributed by atoms with Crippen molar-refractivity contribution >= 4 is 28.5 Å². The molecule has 6 heteroatoms. The number of halogens is 1. The zero-order valence-corrected chi connectivity index (χ0v) is 17.9. The van der Waals surface area contributed by atoms with Gasteiger partial charge in [-0.15, -0.1) is 0 Å². The summed E-state index contributed by atoms with van der Waals surface area (Å²) in [7, 11) is 1.94. The van der Waals surface area contributed by atoms with Gasteiger partial charge in [0.15, 0.2) is 0 Å². The second-order valence-electron chi connectivity index (χ2n) is 7.23. The largest absolute Gasteiger partial charge is 0.326 e. The number of aromatic nitrogens is 2. The molecule has 0 aliphatic carbocycles. The summed E-state index contributed by atoms with van der Waals surface area (Å²) >= 11 is 6.14. The smallest absolute Gasteiger partial charge is 0.241 e. The van der Waals surface area contributed by atoms with Crippen LogP contribution in [0.1, 0.15) is 43.1 Å². The maximum atomic E-state index is 12.3. The first kappa shape index (κ1) is 21.3. The number of carbonyl (C=O) groups is 1. The van der Waals surface area contributed by atoms with Gasteiger partial charge < -0.3 is 9.88 Å². The monoisotopic (exact) mass is 411 g/mol. The Kier molecular flexibility index (Phi) is 7.67. The van der Waals surface area contributed by atoms with Crippen molar-refractivity contribution in [3.8, 4) is 0 Å². The summed E-state index contributed by atoms with van der Waals surface area (Å²) in [6.07, 6.45) is 3.11. The highest BCUT2D eigenvalue weighted by molar-refractivity contribution is 6.31. The molecule has 0 aliphatic rings. The Morgan fingerprint density at radius 2 is 2.03 bits per heavy atom. The van der Waals surface area contributed by atoms with Crippen LogP contribution in [0.25, 0.3) is 11.0 Å². The van der Waals surface area contributed by atoms with E-state index in [0.717, 1.165) is 49.2 Å². The molecule has 2 aromatic carbocycles. The van der Waals surface area contributed by atoms with Crippen LogP contribution in [-0.4, -0.2) is 22.5 Å². The average molecular weight is 412 g/mol. The van der Waals surface area contributed by atoms with Crippen molar-refractivity contribution < 1.29 is 4.79 Å². The molecule has 153 valence electrons. The lowest BCUT2D eigenvalue weighted by Gasteiger charge is -2.08. The highest BCUT2D eigenvalue weighted by atomic mass is 35.5. The number of rotatable bonds is 10. The maximum Gasteiger partial charge on any atom is 0.241 e. The highest BCUT2D eigenvalue weighted by Crippen LogP contribution is 2.21. The van der Waals surface area contributed by atoms with E-state index in [-0.39, 0.29) is 5.91 Å². The third kappa shape index (κ3) is 5.81. The summed E-state index contributed by atoms with van der Waals surface area (Å²) in [5.74, 6) is 0.752. The number of hydrogen-bond donors (Lipinski definition) is 1. The number of nitrogens with one attached hydrogen (secondary N) is 1. The van der Waals surface area contributed by atoms with Crippen LogP contribution in [0.4, 0.5) is 0 Å². The first-order valence-corrected chi connectivity index (χ1v) is 10.6. The molecule has 0 saturated carbocycles. The summed E-state index contributed by atoms with van der Waals surface area (Å²) in [4.78, 5) is 16.9. The SMILES string of the molecule is CCCn1c(C[N]C(=O)CCCc2cccc(CNC)c2)nc2ccc(Cl)cc21. The second-order valence-corrected chi connectivity index (χ2v) is 7.66. The molecule has 0 fully saturated rings. The molecule has 29 heavy (non-hydrogen) atoms. The highest BCUT2D eigenvalue weighted by Gasteiger charge is 2.13. The van der Waals surface area contributed by atoms with Gasteiger partial charge in [-0.1, -0.05) is 42.8 Å². The zero-order valence-electron chi connectivity index (χ0n) is 17.1. The predicted octanol–water partition coefficient (Wildman–Crippen LogP) is 4.47. The lowest BCUT2D eigenvalue weighted by atomic mass is 10.0. The van der Waals surface area contributed by atoms with Crippen molar-refractivity contribution in [2.24, 2.45) is 0 Å². The second kappa shape index (κ2) is 10.4. The van der Waals surface area contributed by atoms with E-state index in [1.807, 2.05) is 25.2 Å². The fourth-order valence-electron chi connectivity index (χ4n) is 3.52. The summed E-state index contributed by atoms with van der Waals surface area (Å²) in [6, 6.07) is 14.2. The normalized spacial score (nSPS) is 11.1. The molecule has 3 aromatic rings. The van der Waals surface area contributed by atoms with E-state index >= 15 is 0 Å². The molecule has 1 N–H and O–H groups in total. The molecule has 0 aliphatic heterocycles. The molecular weight excluding hydrogens is 384 g/mol. The van der Waals surface area contributed by atoms with Crippen molar-refractivity contribution in [2.45, 2.75) is 52.2 Å². The molecule has 1 amide bonds. The summed E-state index contributed by atoms with van der Waals surface area (Å²) < 4.78 is 2.12. The molecule has 1 heterocycles. The number of aryl methyl sites for hydroxylation is 2. The van der Waals surface area contributed by atoms with Crippen LogP contribution in [-0.2, 0) is 30.8 Å². The quantitative estimate of drug-likeness (QED) is 0.535. The van der Waals surface area contributed by atoms with Gasteiger partial charge in [-0.3, -0.25) is 4.79 Å². The number of amides is 1. The van der Waals surface area contributed by atoms with Gasteiger partial charge in [-0.05, 0) is 55.6 Å². The molecule has 0 bridgehead atoms. The number of nitrogens with zero attached hydrogens (tertiary/aromatic N) is 3. The average Bonchev–Trinajstić information content (AvgIpc) is 3.04. The lowest BCUT2D eigenvalue weighted by molar-refractivity contribution is -0.121. The van der Waals surface area contributed by atoms with E-state index < -0.39 is 0 Å². The van der Waals surface area contributed by atoms with Gasteiger partial charge in [0.25, 0.3) is 0 Å². The first-order chi connectivity index (χ1) is 14.1. The molecule has 3 rings (SSSR count). The Morgan fingerprint density at radius 3 is 2.83 bits per heavy atom. The van der Waals surface area contributed by atoms with Crippen LogP contribution in [0.2, 0.25) is 5.02 Å². The van der Waals surface area contributed by atoms with E-state index in [1.165, 1.54) is 11.1 Å². The van der Waals surface area contributed by atoms with Crippen molar-refractivity contribution in [2.75, 3.05) is 7.05 Å². The molecule has 5 nitrogen and oxygen atoms in total. The number of carbonyl (C=O) groups excluding carboxylic acids is 1.